The number of rotatable bonds is 5. The molecule has 10 aromatic rings. The van der Waals surface area contributed by atoms with Gasteiger partial charge < -0.3 is 4.42 Å². The van der Waals surface area contributed by atoms with Crippen LogP contribution in [0.1, 0.15) is 0 Å². The van der Waals surface area contributed by atoms with Crippen LogP contribution in [0.4, 0.5) is 0 Å². The van der Waals surface area contributed by atoms with E-state index in [4.69, 9.17) is 19.4 Å². The van der Waals surface area contributed by atoms with Gasteiger partial charge in [0, 0.05) is 53.2 Å². The number of hydrogen-bond acceptors (Lipinski definition) is 5. The molecule has 0 saturated carbocycles. The highest BCUT2D eigenvalue weighted by atomic mass is 32.1. The van der Waals surface area contributed by atoms with Crippen molar-refractivity contribution < 1.29 is 4.42 Å². The normalized spacial score (nSPS) is 11.6. The fraction of sp³-hybridized carbons (Fsp3) is 0. The Morgan fingerprint density at radius 3 is 1.66 bits per heavy atom. The molecule has 0 bridgehead atoms. The van der Waals surface area contributed by atoms with Gasteiger partial charge in [0.05, 0.1) is 0 Å². The predicted molar refractivity (Wildman–Crippen MR) is 207 cm³/mol. The molecule has 50 heavy (non-hydrogen) atoms. The maximum absolute atomic E-state index is 6.34. The molecule has 5 heteroatoms. The van der Waals surface area contributed by atoms with Crippen molar-refractivity contribution in [3.05, 3.63) is 164 Å². The summed E-state index contributed by atoms with van der Waals surface area (Å²) in [7, 11) is 0. The van der Waals surface area contributed by atoms with Crippen LogP contribution in [-0.4, -0.2) is 15.0 Å². The molecule has 4 nitrogen and oxygen atoms in total. The van der Waals surface area contributed by atoms with E-state index in [1.54, 1.807) is 11.3 Å². The lowest BCUT2D eigenvalue weighted by molar-refractivity contribution is 0.670. The predicted octanol–water partition coefficient (Wildman–Crippen LogP) is 12.5. The zero-order valence-corrected chi connectivity index (χ0v) is 27.6. The maximum Gasteiger partial charge on any atom is 0.165 e. The molecule has 7 aromatic carbocycles. The van der Waals surface area contributed by atoms with Crippen LogP contribution < -0.4 is 0 Å². The largest absolute Gasteiger partial charge is 0.455 e. The van der Waals surface area contributed by atoms with E-state index < -0.39 is 0 Å². The molecular formula is C45H27N3OS. The second-order valence-corrected chi connectivity index (χ2v) is 13.4. The molecule has 0 aliphatic heterocycles. The van der Waals surface area contributed by atoms with Gasteiger partial charge in [-0.05, 0) is 34.9 Å². The van der Waals surface area contributed by atoms with Crippen LogP contribution in [0.15, 0.2) is 168 Å². The van der Waals surface area contributed by atoms with Gasteiger partial charge in [-0.15, -0.1) is 11.3 Å². The van der Waals surface area contributed by atoms with Crippen molar-refractivity contribution in [1.29, 1.82) is 0 Å². The first-order valence-corrected chi connectivity index (χ1v) is 17.4. The van der Waals surface area contributed by atoms with Crippen molar-refractivity contribution in [1.82, 2.24) is 15.0 Å². The Labute approximate surface area is 292 Å². The lowest BCUT2D eigenvalue weighted by Gasteiger charge is -2.10. The van der Waals surface area contributed by atoms with E-state index in [9.17, 15) is 0 Å². The van der Waals surface area contributed by atoms with Crippen LogP contribution in [0.3, 0.4) is 0 Å². The number of benzene rings is 7. The van der Waals surface area contributed by atoms with Crippen molar-refractivity contribution in [2.75, 3.05) is 0 Å². The highest BCUT2D eigenvalue weighted by Gasteiger charge is 2.17. The molecular weight excluding hydrogens is 631 g/mol. The molecule has 0 atom stereocenters. The molecule has 0 unspecified atom stereocenters. The summed E-state index contributed by atoms with van der Waals surface area (Å²) in [6.45, 7) is 0. The fourth-order valence-electron chi connectivity index (χ4n) is 6.89. The minimum absolute atomic E-state index is 0.628. The third-order valence-corrected chi connectivity index (χ3v) is 10.6. The van der Waals surface area contributed by atoms with Crippen molar-refractivity contribution in [2.45, 2.75) is 0 Å². The molecule has 0 amide bonds. The minimum Gasteiger partial charge on any atom is -0.455 e. The van der Waals surface area contributed by atoms with Gasteiger partial charge in [0.1, 0.15) is 11.2 Å². The van der Waals surface area contributed by atoms with Crippen molar-refractivity contribution >= 4 is 53.4 Å². The Kier molecular flexibility index (Phi) is 6.64. The van der Waals surface area contributed by atoms with Gasteiger partial charge in [-0.2, -0.15) is 0 Å². The highest BCUT2D eigenvalue weighted by molar-refractivity contribution is 7.26. The summed E-state index contributed by atoms with van der Waals surface area (Å²) in [6, 6.07) is 56.8. The van der Waals surface area contributed by atoms with E-state index in [0.29, 0.717) is 17.5 Å². The first kappa shape index (κ1) is 28.6. The van der Waals surface area contributed by atoms with Crippen LogP contribution in [0.5, 0.6) is 0 Å². The zero-order chi connectivity index (χ0) is 33.0. The number of aromatic nitrogens is 3. The average Bonchev–Trinajstić information content (AvgIpc) is 3.77. The van der Waals surface area contributed by atoms with Gasteiger partial charge in [-0.25, -0.2) is 15.0 Å². The lowest BCUT2D eigenvalue weighted by Crippen LogP contribution is -2.00. The molecule has 0 N–H and O–H groups in total. The number of fused-ring (bicyclic) bond motifs is 6. The van der Waals surface area contributed by atoms with Gasteiger partial charge in [-0.1, -0.05) is 146 Å². The summed E-state index contributed by atoms with van der Waals surface area (Å²) in [5, 5.41) is 4.69. The molecule has 234 valence electrons. The topological polar surface area (TPSA) is 51.8 Å². The Bertz CT molecular complexity index is 2850. The summed E-state index contributed by atoms with van der Waals surface area (Å²) in [6.07, 6.45) is 0. The number of nitrogens with zero attached hydrogens (tertiary/aromatic N) is 3. The minimum atomic E-state index is 0.628. The zero-order valence-electron chi connectivity index (χ0n) is 26.7. The van der Waals surface area contributed by atoms with Gasteiger partial charge in [0.15, 0.2) is 17.5 Å². The second-order valence-electron chi connectivity index (χ2n) is 12.4. The maximum atomic E-state index is 6.34. The number of hydrogen-bond donors (Lipinski definition) is 0. The first-order chi connectivity index (χ1) is 24.8. The SMILES string of the molecule is c1ccc(-c2ccc(-c3nc(-c4ccc(-c5cccc6c5oc5ccccc56)cc4)nc(-c4cccc5c4sc4ccccc45)n3)cc2)cc1. The van der Waals surface area contributed by atoms with Gasteiger partial charge in [0.2, 0.25) is 0 Å². The van der Waals surface area contributed by atoms with E-state index in [1.807, 2.05) is 18.2 Å². The standard InChI is InChI=1S/C45H27N3OS/c1-2-10-28(11-3-1)29-20-24-31(25-21-29)43-46-44(48-45(47-43)38-17-9-16-37-35-13-5-7-19-40(35)50-42(37)38)32-26-22-30(23-27-32)33-14-8-15-36-34-12-4-6-18-39(34)49-41(33)36/h1-27H. The molecule has 0 aliphatic carbocycles. The summed E-state index contributed by atoms with van der Waals surface area (Å²) in [4.78, 5) is 15.3. The summed E-state index contributed by atoms with van der Waals surface area (Å²) >= 11 is 1.78. The van der Waals surface area contributed by atoms with E-state index in [2.05, 4.69) is 146 Å². The lowest BCUT2D eigenvalue weighted by atomic mass is 10.0. The van der Waals surface area contributed by atoms with Gasteiger partial charge in [0.25, 0.3) is 0 Å². The Hall–Kier alpha value is -6.43. The van der Waals surface area contributed by atoms with Crippen LogP contribution >= 0.6 is 11.3 Å². The molecule has 0 spiro atoms. The molecule has 0 radical (unpaired) electrons. The van der Waals surface area contributed by atoms with Crippen molar-refractivity contribution in [3.8, 4) is 56.4 Å². The van der Waals surface area contributed by atoms with Crippen molar-refractivity contribution in [3.63, 3.8) is 0 Å². The fourth-order valence-corrected chi connectivity index (χ4v) is 8.11. The van der Waals surface area contributed by atoms with Crippen LogP contribution in [0, 0.1) is 0 Å². The summed E-state index contributed by atoms with van der Waals surface area (Å²) < 4.78 is 8.76. The highest BCUT2D eigenvalue weighted by Crippen LogP contribution is 2.40. The Morgan fingerprint density at radius 2 is 0.900 bits per heavy atom. The number of furan rings is 1. The van der Waals surface area contributed by atoms with Crippen LogP contribution in [0.25, 0.3) is 98.5 Å². The third-order valence-electron chi connectivity index (χ3n) is 9.39. The Morgan fingerprint density at radius 1 is 0.360 bits per heavy atom. The first-order valence-electron chi connectivity index (χ1n) is 16.6. The number of thiophene rings is 1. The molecule has 0 aliphatic rings. The summed E-state index contributed by atoms with van der Waals surface area (Å²) in [5.74, 6) is 1.92. The molecule has 10 rings (SSSR count). The Balaban J connectivity index is 1.11. The van der Waals surface area contributed by atoms with E-state index in [1.165, 1.54) is 25.7 Å². The average molecular weight is 658 g/mol. The number of para-hydroxylation sites is 2. The monoisotopic (exact) mass is 657 g/mol. The summed E-state index contributed by atoms with van der Waals surface area (Å²) in [5.41, 5.74) is 9.08. The molecule has 0 fully saturated rings. The van der Waals surface area contributed by atoms with E-state index in [-0.39, 0.29) is 0 Å². The third kappa shape index (κ3) is 4.79. The molecule has 3 heterocycles. The quantitative estimate of drug-likeness (QED) is 0.185. The molecule has 0 saturated heterocycles. The van der Waals surface area contributed by atoms with Gasteiger partial charge >= 0.3 is 0 Å². The van der Waals surface area contributed by atoms with Crippen LogP contribution in [-0.2, 0) is 0 Å². The van der Waals surface area contributed by atoms with E-state index >= 15 is 0 Å². The van der Waals surface area contributed by atoms with Crippen LogP contribution in [0.2, 0.25) is 0 Å². The van der Waals surface area contributed by atoms with E-state index in [0.717, 1.165) is 55.3 Å². The second kappa shape index (κ2) is 11.6. The van der Waals surface area contributed by atoms with Crippen molar-refractivity contribution in [2.24, 2.45) is 0 Å². The smallest absolute Gasteiger partial charge is 0.165 e. The molecule has 3 aromatic heterocycles. The van der Waals surface area contributed by atoms with Gasteiger partial charge in [-0.3, -0.25) is 0 Å².